The van der Waals surface area contributed by atoms with Crippen molar-refractivity contribution in [1.82, 2.24) is 0 Å². The molecule has 0 saturated carbocycles. The van der Waals surface area contributed by atoms with Gasteiger partial charge in [-0.2, -0.15) is 0 Å². The fourth-order valence-corrected chi connectivity index (χ4v) is 8.62. The van der Waals surface area contributed by atoms with Gasteiger partial charge in [0.1, 0.15) is 13.2 Å². The first kappa shape index (κ1) is 72.8. The number of carbonyl (C=O) groups is 3. The minimum Gasteiger partial charge on any atom is -0.462 e. The Morgan fingerprint density at radius 1 is 0.273 bits per heavy atom. The summed E-state index contributed by atoms with van der Waals surface area (Å²) < 4.78 is 16.9. The predicted octanol–water partition coefficient (Wildman–Crippen LogP) is 22.0. The van der Waals surface area contributed by atoms with E-state index >= 15 is 0 Å². The van der Waals surface area contributed by atoms with Crippen molar-refractivity contribution in [2.75, 3.05) is 13.2 Å². The Balaban J connectivity index is 4.49. The monoisotopic (exact) mass is 1070 g/mol. The number of allylic oxidation sites excluding steroid dienone is 20. The topological polar surface area (TPSA) is 78.9 Å². The van der Waals surface area contributed by atoms with Gasteiger partial charge in [-0.15, -0.1) is 0 Å². The summed E-state index contributed by atoms with van der Waals surface area (Å²) in [6.07, 6.45) is 89.1. The van der Waals surface area contributed by atoms with E-state index in [1.165, 1.54) is 122 Å². The number of hydrogen-bond acceptors (Lipinski definition) is 6. The quantitative estimate of drug-likeness (QED) is 0.0261. The van der Waals surface area contributed by atoms with Crippen LogP contribution in [0, 0.1) is 0 Å². The van der Waals surface area contributed by atoms with Gasteiger partial charge in [0.05, 0.1) is 0 Å². The third kappa shape index (κ3) is 62.5. The number of hydrogen-bond donors (Lipinski definition) is 0. The minimum absolute atomic E-state index is 0.100. The van der Waals surface area contributed by atoms with Crippen molar-refractivity contribution < 1.29 is 28.6 Å². The minimum atomic E-state index is -0.808. The first-order valence-corrected chi connectivity index (χ1v) is 32.0. The molecular formula is C71H118O6. The van der Waals surface area contributed by atoms with Gasteiger partial charge in [-0.05, 0) is 135 Å². The normalized spacial score (nSPS) is 12.9. The molecule has 6 heteroatoms. The van der Waals surface area contributed by atoms with Gasteiger partial charge in [0.2, 0.25) is 0 Å². The summed E-state index contributed by atoms with van der Waals surface area (Å²) in [5, 5.41) is 0. The summed E-state index contributed by atoms with van der Waals surface area (Å²) >= 11 is 0. The van der Waals surface area contributed by atoms with Crippen LogP contribution in [0.1, 0.15) is 290 Å². The Labute approximate surface area is 475 Å². The van der Waals surface area contributed by atoms with E-state index in [0.717, 1.165) is 128 Å². The summed E-state index contributed by atoms with van der Waals surface area (Å²) in [5.41, 5.74) is 0. The van der Waals surface area contributed by atoms with Crippen molar-refractivity contribution in [1.29, 1.82) is 0 Å². The van der Waals surface area contributed by atoms with Gasteiger partial charge >= 0.3 is 17.9 Å². The second-order valence-electron chi connectivity index (χ2n) is 20.9. The van der Waals surface area contributed by atoms with E-state index in [2.05, 4.69) is 142 Å². The Kier molecular flexibility index (Phi) is 60.8. The van der Waals surface area contributed by atoms with Crippen LogP contribution in [0.4, 0.5) is 0 Å². The summed E-state index contributed by atoms with van der Waals surface area (Å²) in [4.78, 5) is 38.4. The molecule has 1 atom stereocenters. The maximum absolute atomic E-state index is 12.9. The number of carbonyl (C=O) groups excluding carboxylic acids is 3. The maximum atomic E-state index is 12.9. The largest absolute Gasteiger partial charge is 0.462 e. The lowest BCUT2D eigenvalue weighted by molar-refractivity contribution is -0.167. The molecule has 0 fully saturated rings. The van der Waals surface area contributed by atoms with Crippen molar-refractivity contribution >= 4 is 17.9 Å². The van der Waals surface area contributed by atoms with Crippen LogP contribution in [0.3, 0.4) is 0 Å². The SMILES string of the molecule is CC/C=C\C/C=C\C/C=C\C/C=C\C/C=C\CCCCCC(=O)OC(COC(=O)CCCCCCCC/C=C\C/C=C\C/C=C\CCCCCCC)COC(=O)CCCCCCCCCCC/C=C\C/C=C\CCCCC. The molecule has 0 bridgehead atoms. The van der Waals surface area contributed by atoms with Crippen LogP contribution < -0.4 is 0 Å². The third-order valence-electron chi connectivity index (χ3n) is 13.4. The summed E-state index contributed by atoms with van der Waals surface area (Å²) in [5.74, 6) is -0.945. The number of unbranched alkanes of at least 4 members (excludes halogenated alkanes) is 26. The highest BCUT2D eigenvalue weighted by Crippen LogP contribution is 2.15. The Bertz CT molecular complexity index is 1600. The molecule has 0 amide bonds. The maximum Gasteiger partial charge on any atom is 0.306 e. The molecule has 0 spiro atoms. The average molecular weight is 1070 g/mol. The number of ether oxygens (including phenoxy) is 3. The molecule has 0 aromatic heterocycles. The average Bonchev–Trinajstić information content (AvgIpc) is 3.43. The fraction of sp³-hybridized carbons (Fsp3) is 0.676. The third-order valence-corrected chi connectivity index (χ3v) is 13.4. The molecule has 0 aliphatic rings. The Morgan fingerprint density at radius 3 is 0.831 bits per heavy atom. The van der Waals surface area contributed by atoms with Crippen LogP contribution in [0.5, 0.6) is 0 Å². The first-order valence-electron chi connectivity index (χ1n) is 32.0. The van der Waals surface area contributed by atoms with Crippen LogP contribution in [0.2, 0.25) is 0 Å². The van der Waals surface area contributed by atoms with Crippen LogP contribution in [-0.4, -0.2) is 37.2 Å². The zero-order valence-corrected chi connectivity index (χ0v) is 50.2. The highest BCUT2D eigenvalue weighted by Gasteiger charge is 2.19. The van der Waals surface area contributed by atoms with E-state index in [-0.39, 0.29) is 37.5 Å². The lowest BCUT2D eigenvalue weighted by atomic mass is 10.1. The second kappa shape index (κ2) is 64.3. The molecule has 0 saturated heterocycles. The van der Waals surface area contributed by atoms with E-state index < -0.39 is 6.10 Å². The van der Waals surface area contributed by atoms with Crippen LogP contribution in [-0.2, 0) is 28.6 Å². The lowest BCUT2D eigenvalue weighted by Gasteiger charge is -2.18. The van der Waals surface area contributed by atoms with Gasteiger partial charge < -0.3 is 14.2 Å². The number of esters is 3. The highest BCUT2D eigenvalue weighted by molar-refractivity contribution is 5.71. The molecule has 0 aromatic carbocycles. The van der Waals surface area contributed by atoms with Gasteiger partial charge in [-0.25, -0.2) is 0 Å². The van der Waals surface area contributed by atoms with Gasteiger partial charge in [0.25, 0.3) is 0 Å². The predicted molar refractivity (Wildman–Crippen MR) is 334 cm³/mol. The summed E-state index contributed by atoms with van der Waals surface area (Å²) in [6, 6.07) is 0. The van der Waals surface area contributed by atoms with Gasteiger partial charge in [0.15, 0.2) is 6.10 Å². The van der Waals surface area contributed by atoms with E-state index in [1.807, 2.05) is 0 Å². The van der Waals surface area contributed by atoms with Crippen molar-refractivity contribution in [3.05, 3.63) is 122 Å². The molecule has 0 aromatic rings. The second-order valence-corrected chi connectivity index (χ2v) is 20.9. The summed E-state index contributed by atoms with van der Waals surface area (Å²) in [7, 11) is 0. The standard InChI is InChI=1S/C71H118O6/c1-4-7-10-13-16-19-22-25-28-31-34-35-38-40-43-46-49-52-55-58-61-64-70(73)76-67-68(77-71(74)65-62-59-56-53-50-47-44-41-37-33-30-27-24-21-18-15-12-9-6-3)66-75-69(72)63-60-57-54-51-48-45-42-39-36-32-29-26-23-20-17-14-11-8-5-2/h9,12,17-18,20-22,25-27,29-31,34,37-38,40-41,47,50,68H,4-8,10-11,13-16,19,23-24,28,32-33,35-36,39,42-46,48-49,51-67H2,1-3H3/b12-9-,20-17-,21-18-,25-22-,29-26-,30-27-,34-31-,40-38-,41-37-,50-47-. The van der Waals surface area contributed by atoms with Crippen LogP contribution >= 0.6 is 0 Å². The van der Waals surface area contributed by atoms with Gasteiger partial charge in [-0.1, -0.05) is 258 Å². The molecule has 6 nitrogen and oxygen atoms in total. The smallest absolute Gasteiger partial charge is 0.306 e. The molecule has 0 heterocycles. The Morgan fingerprint density at radius 2 is 0.506 bits per heavy atom. The molecule has 0 N–H and O–H groups in total. The van der Waals surface area contributed by atoms with Gasteiger partial charge in [0, 0.05) is 19.3 Å². The zero-order chi connectivity index (χ0) is 55.7. The summed E-state index contributed by atoms with van der Waals surface area (Å²) in [6.45, 7) is 6.46. The van der Waals surface area contributed by atoms with Crippen LogP contribution in [0.15, 0.2) is 122 Å². The highest BCUT2D eigenvalue weighted by atomic mass is 16.6. The number of rotatable bonds is 57. The van der Waals surface area contributed by atoms with Crippen LogP contribution in [0.25, 0.3) is 0 Å². The molecular weight excluding hydrogens is 949 g/mol. The molecule has 77 heavy (non-hydrogen) atoms. The van der Waals surface area contributed by atoms with Crippen molar-refractivity contribution in [2.24, 2.45) is 0 Å². The molecule has 0 rings (SSSR count). The molecule has 1 unspecified atom stereocenters. The van der Waals surface area contributed by atoms with E-state index in [9.17, 15) is 14.4 Å². The van der Waals surface area contributed by atoms with E-state index in [1.54, 1.807) is 0 Å². The molecule has 0 aliphatic heterocycles. The van der Waals surface area contributed by atoms with Crippen molar-refractivity contribution in [3.63, 3.8) is 0 Å². The first-order chi connectivity index (χ1) is 38.0. The molecule has 0 radical (unpaired) electrons. The van der Waals surface area contributed by atoms with E-state index in [0.29, 0.717) is 12.8 Å². The molecule has 0 aliphatic carbocycles. The molecule has 438 valence electrons. The van der Waals surface area contributed by atoms with E-state index in [4.69, 9.17) is 14.2 Å². The fourth-order valence-electron chi connectivity index (χ4n) is 8.62. The Hall–Kier alpha value is -4.19. The zero-order valence-electron chi connectivity index (χ0n) is 50.2. The van der Waals surface area contributed by atoms with Crippen molar-refractivity contribution in [3.8, 4) is 0 Å². The van der Waals surface area contributed by atoms with Gasteiger partial charge in [-0.3, -0.25) is 14.4 Å². The lowest BCUT2D eigenvalue weighted by Crippen LogP contribution is -2.30. The van der Waals surface area contributed by atoms with Crippen molar-refractivity contribution in [2.45, 2.75) is 297 Å².